The number of aliphatic carboxylic acids is 1. The third-order valence-electron chi connectivity index (χ3n) is 11.6. The van der Waals surface area contributed by atoms with Crippen LogP contribution in [0.4, 0.5) is 0 Å². The molecule has 0 spiro atoms. The van der Waals surface area contributed by atoms with Crippen LogP contribution in [0.5, 0.6) is 0 Å². The van der Waals surface area contributed by atoms with E-state index in [-0.39, 0.29) is 51.1 Å². The number of carbonyl (C=O) groups excluding carboxylic acids is 7. The van der Waals surface area contributed by atoms with Crippen LogP contribution in [0.3, 0.4) is 0 Å². The molecule has 0 radical (unpaired) electrons. The van der Waals surface area contributed by atoms with Crippen molar-refractivity contribution in [3.63, 3.8) is 0 Å². The fraction of sp³-hybridized carbons (Fsp3) is 0.574. The molecule has 17 heteroatoms. The summed E-state index contributed by atoms with van der Waals surface area (Å²) in [5.41, 5.74) is 1.40. The van der Waals surface area contributed by atoms with Gasteiger partial charge in [0.05, 0.1) is 0 Å². The molecule has 8 atom stereocenters. The summed E-state index contributed by atoms with van der Waals surface area (Å²) < 4.78 is 22.6. The predicted octanol–water partition coefficient (Wildman–Crippen LogP) is 3.49. The van der Waals surface area contributed by atoms with Crippen molar-refractivity contribution < 1.29 is 62.4 Å². The number of carbonyl (C=O) groups is 8. The van der Waals surface area contributed by atoms with Gasteiger partial charge in [0.25, 0.3) is 17.7 Å². The molecule has 2 aliphatic rings. The molecular formula is C47H64N4O13. The summed E-state index contributed by atoms with van der Waals surface area (Å²) in [4.78, 5) is 112. The Labute approximate surface area is 375 Å². The van der Waals surface area contributed by atoms with Crippen LogP contribution in [0, 0.1) is 5.92 Å². The number of likely N-dealkylation sites (tertiary alicyclic amines) is 2. The van der Waals surface area contributed by atoms with Crippen molar-refractivity contribution in [1.29, 1.82) is 0 Å². The van der Waals surface area contributed by atoms with Crippen molar-refractivity contribution in [2.45, 2.75) is 141 Å². The van der Waals surface area contributed by atoms with E-state index in [1.165, 1.54) is 30.7 Å². The second-order valence-corrected chi connectivity index (χ2v) is 16.9. The summed E-state index contributed by atoms with van der Waals surface area (Å²) in [6, 6.07) is 13.7. The summed E-state index contributed by atoms with van der Waals surface area (Å²) in [5, 5.41) is 12.1. The van der Waals surface area contributed by atoms with E-state index in [9.17, 15) is 43.5 Å². The maximum Gasteiger partial charge on any atom is 0.344 e. The van der Waals surface area contributed by atoms with Gasteiger partial charge in [-0.05, 0) is 89.8 Å². The van der Waals surface area contributed by atoms with Gasteiger partial charge in [-0.3, -0.25) is 19.2 Å². The maximum atomic E-state index is 14.3. The fourth-order valence-corrected chi connectivity index (χ4v) is 7.75. The SMILES string of the molecule is CN[C@@H](C)C(=O)O[C@H](Cc1ccccc1)C(=O)N1CCCC[C@H]1C(=O)O[C@H](C)C(=O)N(C)[C@@H](CC(C)C)C(=O)O[C@H](Cc1ccccc1)C(=O)N1CCCC[C@H]1C(=O)O[C@H](C)C(=O)O. The van der Waals surface area contributed by atoms with E-state index in [0.29, 0.717) is 31.2 Å². The normalized spacial score (nSPS) is 19.2. The minimum atomic E-state index is -1.44. The van der Waals surface area contributed by atoms with Crippen LogP contribution in [0.2, 0.25) is 0 Å². The van der Waals surface area contributed by atoms with Crippen molar-refractivity contribution >= 4 is 47.6 Å². The molecule has 2 fully saturated rings. The van der Waals surface area contributed by atoms with E-state index in [4.69, 9.17) is 18.9 Å². The minimum Gasteiger partial charge on any atom is -0.479 e. The van der Waals surface area contributed by atoms with Crippen LogP contribution in [0.25, 0.3) is 0 Å². The summed E-state index contributed by atoms with van der Waals surface area (Å²) >= 11 is 0. The zero-order valence-corrected chi connectivity index (χ0v) is 37.9. The number of likely N-dealkylation sites (N-methyl/N-ethyl adjacent to an activating group) is 2. The topological polar surface area (TPSA) is 215 Å². The summed E-state index contributed by atoms with van der Waals surface area (Å²) in [7, 11) is 2.97. The van der Waals surface area contributed by atoms with E-state index in [0.717, 1.165) is 10.5 Å². The molecule has 17 nitrogen and oxygen atoms in total. The molecule has 0 unspecified atom stereocenters. The number of hydrogen-bond donors (Lipinski definition) is 2. The van der Waals surface area contributed by atoms with Crippen molar-refractivity contribution in [2.75, 3.05) is 27.2 Å². The third-order valence-corrected chi connectivity index (χ3v) is 11.6. The van der Waals surface area contributed by atoms with Gasteiger partial charge in [0.2, 0.25) is 0 Å². The quantitative estimate of drug-likeness (QED) is 0.144. The number of benzene rings is 2. The average molecular weight is 893 g/mol. The first kappa shape index (κ1) is 50.8. The molecule has 2 saturated heterocycles. The van der Waals surface area contributed by atoms with E-state index in [2.05, 4.69) is 5.32 Å². The first-order chi connectivity index (χ1) is 30.4. The number of rotatable bonds is 20. The zero-order valence-electron chi connectivity index (χ0n) is 37.9. The number of amides is 3. The van der Waals surface area contributed by atoms with Crippen LogP contribution in [0.15, 0.2) is 60.7 Å². The molecule has 2 aromatic rings. The lowest BCUT2D eigenvalue weighted by Gasteiger charge is -2.37. The average Bonchev–Trinajstić information content (AvgIpc) is 3.29. The van der Waals surface area contributed by atoms with Gasteiger partial charge in [-0.25, -0.2) is 19.2 Å². The number of esters is 4. The van der Waals surface area contributed by atoms with Gasteiger partial charge < -0.3 is 44.1 Å². The fourth-order valence-electron chi connectivity index (χ4n) is 7.75. The van der Waals surface area contributed by atoms with Crippen molar-refractivity contribution in [3.05, 3.63) is 71.8 Å². The molecule has 2 aromatic carbocycles. The second kappa shape index (κ2) is 24.3. The van der Waals surface area contributed by atoms with E-state index in [1.54, 1.807) is 68.6 Å². The summed E-state index contributed by atoms with van der Waals surface area (Å²) in [6.07, 6.45) is -2.64. The van der Waals surface area contributed by atoms with Gasteiger partial charge in [-0.1, -0.05) is 74.5 Å². The molecule has 3 amide bonds. The minimum absolute atomic E-state index is 0.0637. The van der Waals surface area contributed by atoms with Gasteiger partial charge in [-0.15, -0.1) is 0 Å². The Morgan fingerprint density at radius 3 is 1.52 bits per heavy atom. The number of hydrogen-bond acceptors (Lipinski definition) is 13. The molecule has 0 saturated carbocycles. The number of carboxylic acid groups (broad SMARTS) is 1. The van der Waals surface area contributed by atoms with E-state index < -0.39 is 96.2 Å². The molecule has 0 aliphatic carbocycles. The highest BCUT2D eigenvalue weighted by atomic mass is 16.6. The number of nitrogens with zero attached hydrogens (tertiary/aromatic N) is 3. The molecule has 64 heavy (non-hydrogen) atoms. The lowest BCUT2D eigenvalue weighted by Crippen LogP contribution is -2.55. The van der Waals surface area contributed by atoms with Crippen LogP contribution in [-0.4, -0.2) is 143 Å². The number of piperidine rings is 2. The lowest BCUT2D eigenvalue weighted by molar-refractivity contribution is -0.176. The maximum absolute atomic E-state index is 14.3. The number of ether oxygens (including phenoxy) is 4. The molecule has 350 valence electrons. The Morgan fingerprint density at radius 1 is 0.656 bits per heavy atom. The highest BCUT2D eigenvalue weighted by Gasteiger charge is 2.43. The largest absolute Gasteiger partial charge is 0.479 e. The third kappa shape index (κ3) is 14.1. The highest BCUT2D eigenvalue weighted by Crippen LogP contribution is 2.25. The van der Waals surface area contributed by atoms with Crippen LogP contribution in [-0.2, 0) is 70.1 Å². The summed E-state index contributed by atoms with van der Waals surface area (Å²) in [6.45, 7) is 8.20. The number of nitrogens with one attached hydrogen (secondary N) is 1. The van der Waals surface area contributed by atoms with Crippen molar-refractivity contribution in [3.8, 4) is 0 Å². The standard InChI is InChI=1S/C47H64N4O13/c1-29(2)26-37(47(60)64-39(28-34-20-12-9-13-21-34)42(54)51-25-17-15-23-36(51)46(59)62-32(5)43(55)56)49(7)40(52)31(4)61-45(58)35-22-14-16-24-50(35)41(53)38(63-44(57)30(3)48-6)27-33-18-10-8-11-19-33/h8-13,18-21,29-32,35-39,48H,14-17,22-28H2,1-7H3,(H,55,56)/t30-,31+,32+,35-,36-,37-,38+,39+/m0/s1. The molecular weight excluding hydrogens is 829 g/mol. The smallest absolute Gasteiger partial charge is 0.344 e. The highest BCUT2D eigenvalue weighted by molar-refractivity contribution is 5.93. The summed E-state index contributed by atoms with van der Waals surface area (Å²) in [5.74, 6) is -6.72. The van der Waals surface area contributed by atoms with Gasteiger partial charge in [-0.2, -0.15) is 0 Å². The lowest BCUT2D eigenvalue weighted by atomic mass is 9.99. The molecule has 4 rings (SSSR count). The van der Waals surface area contributed by atoms with Gasteiger partial charge in [0.1, 0.15) is 24.2 Å². The Hall–Kier alpha value is -5.84. The predicted molar refractivity (Wildman–Crippen MR) is 232 cm³/mol. The molecule has 2 aliphatic heterocycles. The molecule has 2 N–H and O–H groups in total. The van der Waals surface area contributed by atoms with E-state index in [1.807, 2.05) is 19.9 Å². The van der Waals surface area contributed by atoms with Crippen molar-refractivity contribution in [2.24, 2.45) is 5.92 Å². The first-order valence-corrected chi connectivity index (χ1v) is 22.1. The monoisotopic (exact) mass is 892 g/mol. The van der Waals surface area contributed by atoms with Crippen LogP contribution >= 0.6 is 0 Å². The Balaban J connectivity index is 1.53. The Morgan fingerprint density at radius 2 is 1.09 bits per heavy atom. The molecule has 2 heterocycles. The van der Waals surface area contributed by atoms with Crippen LogP contribution < -0.4 is 5.32 Å². The first-order valence-electron chi connectivity index (χ1n) is 22.1. The Bertz CT molecular complexity index is 1930. The van der Waals surface area contributed by atoms with Gasteiger partial charge in [0.15, 0.2) is 24.4 Å². The Kier molecular flexibility index (Phi) is 19.3. The van der Waals surface area contributed by atoms with Crippen molar-refractivity contribution in [1.82, 2.24) is 20.0 Å². The van der Waals surface area contributed by atoms with Gasteiger partial charge in [0, 0.05) is 33.0 Å². The van der Waals surface area contributed by atoms with E-state index >= 15 is 0 Å². The molecule has 0 bridgehead atoms. The van der Waals surface area contributed by atoms with Gasteiger partial charge >= 0.3 is 29.8 Å². The second-order valence-electron chi connectivity index (χ2n) is 16.9. The molecule has 0 aromatic heterocycles. The zero-order chi connectivity index (χ0) is 47.1. The number of carboxylic acids is 1. The van der Waals surface area contributed by atoms with Crippen LogP contribution in [0.1, 0.15) is 90.7 Å².